The van der Waals surface area contributed by atoms with Crippen LogP contribution in [0.1, 0.15) is 31.2 Å². The summed E-state index contributed by atoms with van der Waals surface area (Å²) in [6.45, 7) is 4.23. The van der Waals surface area contributed by atoms with E-state index in [1.165, 1.54) is 4.90 Å². The maximum atomic E-state index is 14.0. The number of amides is 2. The molecule has 1 aliphatic heterocycles. The molecule has 1 saturated carbocycles. The second kappa shape index (κ2) is 16.3. The zero-order valence-electron chi connectivity index (χ0n) is 27.9. The predicted molar refractivity (Wildman–Crippen MR) is 189 cm³/mol. The number of H-pyrrole nitrogens is 1. The van der Waals surface area contributed by atoms with Crippen molar-refractivity contribution in [1.82, 2.24) is 35.5 Å². The highest BCUT2D eigenvalue weighted by atomic mass is 35.5. The van der Waals surface area contributed by atoms with Crippen LogP contribution < -0.4 is 26.0 Å². The molecule has 260 valence electrons. The number of hydrogen-bond donors (Lipinski definition) is 3. The summed E-state index contributed by atoms with van der Waals surface area (Å²) in [6, 6.07) is 13.8. The second-order valence-corrected chi connectivity index (χ2v) is 12.6. The molecule has 5 N–H and O–H groups in total. The summed E-state index contributed by atoms with van der Waals surface area (Å²) >= 11 is 0. The highest BCUT2D eigenvalue weighted by Crippen LogP contribution is 2.33. The molecular weight excluding hydrogens is 646 g/mol. The number of aromatic nitrogens is 6. The summed E-state index contributed by atoms with van der Waals surface area (Å²) in [5.41, 5.74) is 16.1. The lowest BCUT2D eigenvalue weighted by atomic mass is 9.81. The zero-order valence-corrected chi connectivity index (χ0v) is 28.7. The average Bonchev–Trinajstić information content (AvgIpc) is 3.68. The predicted octanol–water partition coefficient (Wildman–Crippen LogP) is 2.70. The van der Waals surface area contributed by atoms with Crippen LogP contribution in [0.25, 0.3) is 22.5 Å². The Hall–Kier alpha value is -4.50. The molecule has 3 heterocycles. The number of anilines is 2. The van der Waals surface area contributed by atoms with Gasteiger partial charge in [-0.25, -0.2) is 9.88 Å². The molecule has 0 unspecified atom stereocenters. The van der Waals surface area contributed by atoms with Gasteiger partial charge in [0.1, 0.15) is 0 Å². The van der Waals surface area contributed by atoms with Crippen molar-refractivity contribution in [1.29, 1.82) is 0 Å². The van der Waals surface area contributed by atoms with E-state index in [-0.39, 0.29) is 30.7 Å². The highest BCUT2D eigenvalue weighted by molar-refractivity contribution is 6.17. The number of carbonyl (C=O) groups is 2. The molecule has 49 heavy (non-hydrogen) atoms. The van der Waals surface area contributed by atoms with Crippen molar-refractivity contribution in [2.45, 2.75) is 38.1 Å². The van der Waals surface area contributed by atoms with E-state index in [1.807, 2.05) is 24.3 Å². The molecule has 15 heteroatoms. The van der Waals surface area contributed by atoms with Gasteiger partial charge in [0.25, 0.3) is 5.91 Å². The molecule has 2 fully saturated rings. The van der Waals surface area contributed by atoms with Gasteiger partial charge in [-0.1, -0.05) is 24.3 Å². The topological polar surface area (TPSA) is 185 Å². The molecular formula is C34H44ClN11O3. The Morgan fingerprint density at radius 2 is 1.67 bits per heavy atom. The number of nitrogens with two attached hydrogens (primary N) is 2. The zero-order chi connectivity index (χ0) is 33.6. The molecule has 2 aromatic carbocycles. The van der Waals surface area contributed by atoms with Gasteiger partial charge in [0.05, 0.1) is 24.4 Å². The number of methoxy groups -OCH3 is 1. The summed E-state index contributed by atoms with van der Waals surface area (Å²) < 4.78 is 5.65. The maximum absolute atomic E-state index is 14.0. The van der Waals surface area contributed by atoms with Gasteiger partial charge in [-0.05, 0) is 92.2 Å². The molecule has 1 atom stereocenters. The largest absolute Gasteiger partial charge is 0.480 e. The third-order valence-electron chi connectivity index (χ3n) is 9.46. The summed E-state index contributed by atoms with van der Waals surface area (Å²) in [4.78, 5) is 43.0. The Labute approximate surface area is 292 Å². The monoisotopic (exact) mass is 689 g/mol. The van der Waals surface area contributed by atoms with E-state index in [0.29, 0.717) is 54.2 Å². The Bertz CT molecular complexity index is 1670. The fourth-order valence-corrected chi connectivity index (χ4v) is 6.43. The number of aromatic amines is 1. The SMILES string of the molecule is COc1nc(N2CCN(C)CC2)ncc1-c1ccc(C[C@H](N)C(=O)N(C(=O)C2CCC(CN)CC2)c2ccc(-c3nn[nH]n3)cc2)cc1.Cl. The summed E-state index contributed by atoms with van der Waals surface area (Å²) in [7, 11) is 3.71. The van der Waals surface area contributed by atoms with E-state index in [9.17, 15) is 9.59 Å². The number of ether oxygens (including phenoxy) is 1. The second-order valence-electron chi connectivity index (χ2n) is 12.6. The lowest BCUT2D eigenvalue weighted by Gasteiger charge is -2.32. The quantitative estimate of drug-likeness (QED) is 0.221. The van der Waals surface area contributed by atoms with Crippen molar-refractivity contribution in [3.8, 4) is 28.4 Å². The number of piperazine rings is 1. The molecule has 1 saturated heterocycles. The van der Waals surface area contributed by atoms with Gasteiger partial charge < -0.3 is 26.0 Å². The first-order chi connectivity index (χ1) is 23.3. The smallest absolute Gasteiger partial charge is 0.251 e. The fraction of sp³-hybridized carbons (Fsp3) is 0.441. The van der Waals surface area contributed by atoms with Crippen molar-refractivity contribution in [3.63, 3.8) is 0 Å². The molecule has 0 bridgehead atoms. The molecule has 2 aromatic heterocycles. The van der Waals surface area contributed by atoms with Crippen LogP contribution in [0.3, 0.4) is 0 Å². The van der Waals surface area contributed by atoms with Gasteiger partial charge in [0, 0.05) is 43.9 Å². The molecule has 4 aromatic rings. The van der Waals surface area contributed by atoms with Gasteiger partial charge in [0.2, 0.25) is 23.6 Å². The first-order valence-corrected chi connectivity index (χ1v) is 16.5. The summed E-state index contributed by atoms with van der Waals surface area (Å²) in [6.07, 6.45) is 5.13. The lowest BCUT2D eigenvalue weighted by Crippen LogP contribution is -2.50. The van der Waals surface area contributed by atoms with E-state index in [1.54, 1.807) is 37.6 Å². The molecule has 2 amide bonds. The van der Waals surface area contributed by atoms with Crippen molar-refractivity contribution in [2.75, 3.05) is 56.7 Å². The van der Waals surface area contributed by atoms with Crippen LogP contribution in [0, 0.1) is 11.8 Å². The van der Waals surface area contributed by atoms with Crippen LogP contribution in [-0.4, -0.2) is 100 Å². The van der Waals surface area contributed by atoms with Crippen molar-refractivity contribution >= 4 is 35.9 Å². The highest BCUT2D eigenvalue weighted by Gasteiger charge is 2.35. The minimum absolute atomic E-state index is 0. The van der Waals surface area contributed by atoms with Crippen LogP contribution in [0.2, 0.25) is 0 Å². The molecule has 6 rings (SSSR count). The number of likely N-dealkylation sites (N-methyl/N-ethyl adjacent to an activating group) is 1. The number of rotatable bonds is 10. The Morgan fingerprint density at radius 1 is 1.00 bits per heavy atom. The Balaban J connectivity index is 0.00000468. The van der Waals surface area contributed by atoms with Crippen LogP contribution >= 0.6 is 12.4 Å². The third kappa shape index (κ3) is 8.21. The number of benzene rings is 2. The molecule has 1 aliphatic carbocycles. The van der Waals surface area contributed by atoms with Crippen molar-refractivity contribution in [3.05, 3.63) is 60.3 Å². The number of hydrogen-bond acceptors (Lipinski definition) is 12. The molecule has 14 nitrogen and oxygen atoms in total. The number of nitrogens with zero attached hydrogens (tertiary/aromatic N) is 8. The normalized spacial score (nSPS) is 18.7. The van der Waals surface area contributed by atoms with E-state index >= 15 is 0 Å². The number of carbonyl (C=O) groups excluding carboxylic acids is 2. The van der Waals surface area contributed by atoms with Gasteiger partial charge in [-0.2, -0.15) is 10.2 Å². The fourth-order valence-electron chi connectivity index (χ4n) is 6.43. The number of imide groups is 1. The van der Waals surface area contributed by atoms with Gasteiger partial charge in [-0.3, -0.25) is 9.59 Å². The van der Waals surface area contributed by atoms with E-state index in [0.717, 1.165) is 55.7 Å². The lowest BCUT2D eigenvalue weighted by molar-refractivity contribution is -0.130. The van der Waals surface area contributed by atoms with Crippen LogP contribution in [0.4, 0.5) is 11.6 Å². The molecule has 0 spiro atoms. The minimum Gasteiger partial charge on any atom is -0.480 e. The van der Waals surface area contributed by atoms with E-state index in [2.05, 4.69) is 42.5 Å². The van der Waals surface area contributed by atoms with E-state index < -0.39 is 11.9 Å². The number of tetrazole rings is 1. The maximum Gasteiger partial charge on any atom is 0.251 e. The van der Waals surface area contributed by atoms with Crippen molar-refractivity contribution < 1.29 is 14.3 Å². The standard InChI is InChI=1S/C34H43N11O3.ClH/c1-43-15-17-44(18-16-43)34-37-21-28(31(38-34)48-2)24-7-3-22(4-8-24)19-29(36)33(47)45(32(46)26-9-5-23(20-35)6-10-26)27-13-11-25(12-14-27)30-39-41-42-40-30;/h3-4,7-8,11-14,21,23,26,29H,5-6,9-10,15-20,35-36H2,1-2H3,(H,39,40,41,42);1H/t23?,26?,29-;/m0./s1. The first kappa shape index (κ1) is 35.8. The first-order valence-electron chi connectivity index (χ1n) is 16.5. The van der Waals surface area contributed by atoms with Gasteiger partial charge in [-0.15, -0.1) is 22.6 Å². The van der Waals surface area contributed by atoms with Gasteiger partial charge in [0.15, 0.2) is 0 Å². The average molecular weight is 690 g/mol. The summed E-state index contributed by atoms with van der Waals surface area (Å²) in [5.74, 6) is 1.01. The number of nitrogens with one attached hydrogen (secondary N) is 1. The molecule has 0 radical (unpaired) electrons. The Morgan fingerprint density at radius 3 is 2.29 bits per heavy atom. The molecule has 2 aliphatic rings. The van der Waals surface area contributed by atoms with Crippen molar-refractivity contribution in [2.24, 2.45) is 23.3 Å². The van der Waals surface area contributed by atoms with Crippen LogP contribution in [0.5, 0.6) is 5.88 Å². The van der Waals surface area contributed by atoms with Gasteiger partial charge >= 0.3 is 0 Å². The minimum atomic E-state index is -0.946. The third-order valence-corrected chi connectivity index (χ3v) is 9.46. The van der Waals surface area contributed by atoms with Crippen LogP contribution in [-0.2, 0) is 16.0 Å². The summed E-state index contributed by atoms with van der Waals surface area (Å²) in [5, 5.41) is 14.1. The Kier molecular flexibility index (Phi) is 11.9. The number of halogens is 1. The van der Waals surface area contributed by atoms with Crippen LogP contribution in [0.15, 0.2) is 54.7 Å². The van der Waals surface area contributed by atoms with E-state index in [4.69, 9.17) is 21.2 Å².